The lowest BCUT2D eigenvalue weighted by molar-refractivity contribution is -0.121. The van der Waals surface area contributed by atoms with E-state index in [0.717, 1.165) is 11.8 Å². The first kappa shape index (κ1) is 18.9. The van der Waals surface area contributed by atoms with Gasteiger partial charge < -0.3 is 10.1 Å². The number of hydrogen-bond acceptors (Lipinski definition) is 4. The molecule has 6 nitrogen and oxygen atoms in total. The van der Waals surface area contributed by atoms with Gasteiger partial charge in [-0.05, 0) is 17.7 Å². The van der Waals surface area contributed by atoms with Gasteiger partial charge in [0.05, 0.1) is 12.9 Å². The van der Waals surface area contributed by atoms with Crippen molar-refractivity contribution in [3.05, 3.63) is 34.9 Å². The van der Waals surface area contributed by atoms with Gasteiger partial charge in [-0.25, -0.2) is 8.42 Å². The summed E-state index contributed by atoms with van der Waals surface area (Å²) in [6.45, 7) is 1.17. The highest BCUT2D eigenvalue weighted by molar-refractivity contribution is 7.88. The first-order valence-corrected chi connectivity index (χ1v) is 9.00. The first-order valence-electron chi connectivity index (χ1n) is 6.78. The largest absolute Gasteiger partial charge is 0.383 e. The normalized spacial score (nSPS) is 11.6. The lowest BCUT2D eigenvalue weighted by Gasteiger charge is -2.19. The zero-order valence-corrected chi connectivity index (χ0v) is 14.3. The summed E-state index contributed by atoms with van der Waals surface area (Å²) >= 11 is 5.81. The third kappa shape index (κ3) is 7.22. The van der Waals surface area contributed by atoms with Crippen molar-refractivity contribution >= 4 is 27.5 Å². The molecule has 1 aromatic rings. The quantitative estimate of drug-likeness (QED) is 0.681. The molecule has 0 aliphatic carbocycles. The number of sulfonamides is 1. The number of nitrogens with one attached hydrogen (secondary N) is 1. The van der Waals surface area contributed by atoms with E-state index in [1.54, 1.807) is 31.4 Å². The molecule has 0 fully saturated rings. The van der Waals surface area contributed by atoms with Gasteiger partial charge in [0.2, 0.25) is 15.9 Å². The monoisotopic (exact) mass is 348 g/mol. The average Bonchev–Trinajstić information content (AvgIpc) is 2.44. The Bertz CT molecular complexity index is 575. The van der Waals surface area contributed by atoms with Crippen molar-refractivity contribution in [3.8, 4) is 0 Å². The molecular formula is C14H21ClN2O4S. The van der Waals surface area contributed by atoms with Crippen LogP contribution in [0.25, 0.3) is 0 Å². The summed E-state index contributed by atoms with van der Waals surface area (Å²) in [5, 5.41) is 3.25. The molecule has 22 heavy (non-hydrogen) atoms. The molecule has 124 valence electrons. The summed E-state index contributed by atoms with van der Waals surface area (Å²) in [6, 6.07) is 6.93. The number of carbonyl (C=O) groups excluding carboxylic acids is 1. The van der Waals surface area contributed by atoms with Crippen molar-refractivity contribution in [1.29, 1.82) is 0 Å². The Balaban J connectivity index is 2.59. The van der Waals surface area contributed by atoms with Gasteiger partial charge in [0.1, 0.15) is 0 Å². The summed E-state index contributed by atoms with van der Waals surface area (Å²) in [4.78, 5) is 11.6. The Morgan fingerprint density at radius 3 is 2.50 bits per heavy atom. The molecule has 0 atom stereocenters. The standard InChI is InChI=1S/C14H21ClN2O4S/c1-21-10-8-16-14(18)7-9-17(22(2,19)20)11-12-3-5-13(15)6-4-12/h3-6H,7-11H2,1-2H3,(H,16,18). The fourth-order valence-electron chi connectivity index (χ4n) is 1.76. The summed E-state index contributed by atoms with van der Waals surface area (Å²) in [5.41, 5.74) is 0.814. The van der Waals surface area contributed by atoms with Gasteiger partial charge >= 0.3 is 0 Å². The van der Waals surface area contributed by atoms with Crippen molar-refractivity contribution in [1.82, 2.24) is 9.62 Å². The molecule has 0 radical (unpaired) electrons. The number of carbonyl (C=O) groups is 1. The molecule has 0 spiro atoms. The third-order valence-electron chi connectivity index (χ3n) is 2.96. The van der Waals surface area contributed by atoms with E-state index in [9.17, 15) is 13.2 Å². The third-order valence-corrected chi connectivity index (χ3v) is 4.46. The average molecular weight is 349 g/mol. The molecular weight excluding hydrogens is 328 g/mol. The van der Waals surface area contributed by atoms with Gasteiger partial charge in [0.15, 0.2) is 0 Å². The molecule has 0 aliphatic heterocycles. The molecule has 1 aromatic carbocycles. The van der Waals surface area contributed by atoms with Crippen molar-refractivity contribution in [2.75, 3.05) is 33.1 Å². The number of methoxy groups -OCH3 is 1. The molecule has 0 unspecified atom stereocenters. The Morgan fingerprint density at radius 2 is 1.95 bits per heavy atom. The number of hydrogen-bond donors (Lipinski definition) is 1. The second kappa shape index (κ2) is 9.09. The van der Waals surface area contributed by atoms with Gasteiger partial charge in [-0.15, -0.1) is 0 Å². The highest BCUT2D eigenvalue weighted by atomic mass is 35.5. The zero-order chi connectivity index (χ0) is 16.6. The topological polar surface area (TPSA) is 75.7 Å². The summed E-state index contributed by atoms with van der Waals surface area (Å²) < 4.78 is 29.7. The lowest BCUT2D eigenvalue weighted by atomic mass is 10.2. The number of amides is 1. The van der Waals surface area contributed by atoms with E-state index in [-0.39, 0.29) is 25.4 Å². The van der Waals surface area contributed by atoms with Crippen molar-refractivity contribution in [2.24, 2.45) is 0 Å². The molecule has 0 bridgehead atoms. The maximum atomic E-state index is 11.8. The molecule has 1 rings (SSSR count). The lowest BCUT2D eigenvalue weighted by Crippen LogP contribution is -2.35. The van der Waals surface area contributed by atoms with Crippen LogP contribution >= 0.6 is 11.6 Å². The van der Waals surface area contributed by atoms with E-state index in [0.29, 0.717) is 18.2 Å². The minimum absolute atomic E-state index is 0.102. The predicted molar refractivity (Wildman–Crippen MR) is 86.2 cm³/mol. The smallest absolute Gasteiger partial charge is 0.221 e. The van der Waals surface area contributed by atoms with Crippen LogP contribution in [-0.2, 0) is 26.1 Å². The van der Waals surface area contributed by atoms with Crippen molar-refractivity contribution in [2.45, 2.75) is 13.0 Å². The minimum Gasteiger partial charge on any atom is -0.383 e. The second-order valence-electron chi connectivity index (χ2n) is 4.82. The molecule has 1 amide bonds. The van der Waals surface area contributed by atoms with E-state index in [4.69, 9.17) is 16.3 Å². The predicted octanol–water partition coefficient (Wildman–Crippen LogP) is 1.25. The maximum absolute atomic E-state index is 11.8. The highest BCUT2D eigenvalue weighted by Gasteiger charge is 2.18. The molecule has 0 saturated carbocycles. The number of nitrogens with zero attached hydrogens (tertiary/aromatic N) is 1. The number of rotatable bonds is 9. The second-order valence-corrected chi connectivity index (χ2v) is 7.23. The van der Waals surface area contributed by atoms with E-state index >= 15 is 0 Å². The van der Waals surface area contributed by atoms with Crippen molar-refractivity contribution < 1.29 is 17.9 Å². The van der Waals surface area contributed by atoms with E-state index < -0.39 is 10.0 Å². The number of benzene rings is 1. The van der Waals surface area contributed by atoms with Crippen LogP contribution in [0.2, 0.25) is 5.02 Å². The van der Waals surface area contributed by atoms with Crippen molar-refractivity contribution in [3.63, 3.8) is 0 Å². The number of halogens is 1. The minimum atomic E-state index is -3.40. The number of ether oxygens (including phenoxy) is 1. The van der Waals surface area contributed by atoms with Crippen LogP contribution in [0, 0.1) is 0 Å². The van der Waals surface area contributed by atoms with Gasteiger partial charge in [-0.2, -0.15) is 4.31 Å². The highest BCUT2D eigenvalue weighted by Crippen LogP contribution is 2.13. The molecule has 0 aliphatic rings. The van der Waals surface area contributed by atoms with Crippen LogP contribution < -0.4 is 5.32 Å². The zero-order valence-electron chi connectivity index (χ0n) is 12.7. The van der Waals surface area contributed by atoms with Crippen LogP contribution in [0.4, 0.5) is 0 Å². The van der Waals surface area contributed by atoms with Gasteiger partial charge in [-0.1, -0.05) is 23.7 Å². The molecule has 0 heterocycles. The van der Waals surface area contributed by atoms with Crippen LogP contribution in [0.1, 0.15) is 12.0 Å². The fourth-order valence-corrected chi connectivity index (χ4v) is 2.70. The van der Waals surface area contributed by atoms with Crippen LogP contribution in [0.3, 0.4) is 0 Å². The molecule has 0 aromatic heterocycles. The Hall–Kier alpha value is -1.15. The van der Waals surface area contributed by atoms with Crippen LogP contribution in [-0.4, -0.2) is 51.7 Å². The van der Waals surface area contributed by atoms with E-state index in [1.165, 1.54) is 4.31 Å². The molecule has 8 heteroatoms. The van der Waals surface area contributed by atoms with E-state index in [1.807, 2.05) is 0 Å². The van der Waals surface area contributed by atoms with Gasteiger partial charge in [0, 0.05) is 38.2 Å². The SMILES string of the molecule is COCCNC(=O)CCN(Cc1ccc(Cl)cc1)S(C)(=O)=O. The van der Waals surface area contributed by atoms with Gasteiger partial charge in [0.25, 0.3) is 0 Å². The summed E-state index contributed by atoms with van der Waals surface area (Å²) in [7, 11) is -1.85. The first-order chi connectivity index (χ1) is 10.3. The molecule has 1 N–H and O–H groups in total. The van der Waals surface area contributed by atoms with Crippen LogP contribution in [0.5, 0.6) is 0 Å². The Labute approximate surface area is 136 Å². The van der Waals surface area contributed by atoms with E-state index in [2.05, 4.69) is 5.32 Å². The van der Waals surface area contributed by atoms with Crippen LogP contribution in [0.15, 0.2) is 24.3 Å². The fraction of sp³-hybridized carbons (Fsp3) is 0.500. The maximum Gasteiger partial charge on any atom is 0.221 e. The molecule has 0 saturated heterocycles. The Morgan fingerprint density at radius 1 is 1.32 bits per heavy atom. The Kier molecular flexibility index (Phi) is 7.81. The van der Waals surface area contributed by atoms with Gasteiger partial charge in [-0.3, -0.25) is 4.79 Å². The summed E-state index contributed by atoms with van der Waals surface area (Å²) in [6.07, 6.45) is 1.23. The summed E-state index contributed by atoms with van der Waals surface area (Å²) in [5.74, 6) is -0.207.